The van der Waals surface area contributed by atoms with E-state index in [0.717, 1.165) is 16.9 Å². The smallest absolute Gasteiger partial charge is 0.293 e. The van der Waals surface area contributed by atoms with E-state index in [1.165, 1.54) is 24.4 Å². The van der Waals surface area contributed by atoms with Crippen LogP contribution < -0.4 is 9.80 Å². The number of hydrogen-bond donors (Lipinski definition) is 0. The lowest BCUT2D eigenvalue weighted by Crippen LogP contribution is -2.56. The van der Waals surface area contributed by atoms with Crippen LogP contribution in [-0.4, -0.2) is 61.4 Å². The minimum Gasteiger partial charge on any atom is -0.350 e. The molecule has 4 aromatic rings. The van der Waals surface area contributed by atoms with Crippen molar-refractivity contribution in [2.45, 2.75) is 45.9 Å². The summed E-state index contributed by atoms with van der Waals surface area (Å²) in [7, 11) is -7.90. The fourth-order valence-corrected chi connectivity index (χ4v) is 10.0. The number of sulfone groups is 1. The molecule has 2 fully saturated rings. The lowest BCUT2D eigenvalue weighted by molar-refractivity contribution is 0.493. The average molecular weight is 645 g/mol. The van der Waals surface area contributed by atoms with Crippen molar-refractivity contribution in [1.29, 1.82) is 0 Å². The van der Waals surface area contributed by atoms with Crippen LogP contribution in [0.1, 0.15) is 26.7 Å². The number of halogens is 3. The molecule has 40 heavy (non-hydrogen) atoms. The fourth-order valence-electron chi connectivity index (χ4n) is 5.07. The molecule has 1 aliphatic heterocycles. The van der Waals surface area contributed by atoms with Gasteiger partial charge in [0.25, 0.3) is 10.0 Å². The van der Waals surface area contributed by atoms with Crippen molar-refractivity contribution in [2.75, 3.05) is 29.4 Å². The van der Waals surface area contributed by atoms with E-state index < -0.39 is 36.5 Å². The highest BCUT2D eigenvalue weighted by Crippen LogP contribution is 2.49. The summed E-state index contributed by atoms with van der Waals surface area (Å²) in [5.41, 5.74) is -0.115. The molecule has 1 spiro atoms. The maximum absolute atomic E-state index is 14.7. The fraction of sp³-hybridized carbons (Fsp3) is 0.360. The van der Waals surface area contributed by atoms with Crippen LogP contribution in [0.2, 0.25) is 10.0 Å². The van der Waals surface area contributed by atoms with Gasteiger partial charge in [-0.15, -0.1) is 16.4 Å². The number of fused-ring (bicyclic) bond motifs is 1. The maximum atomic E-state index is 14.7. The third kappa shape index (κ3) is 4.37. The number of benzene rings is 1. The molecular weight excluding hydrogens is 620 g/mol. The van der Waals surface area contributed by atoms with E-state index >= 15 is 0 Å². The molecule has 2 aliphatic rings. The second kappa shape index (κ2) is 9.55. The van der Waals surface area contributed by atoms with Gasteiger partial charge in [-0.1, -0.05) is 29.3 Å². The molecular formula is C25H24Cl2FN5O4S3. The van der Waals surface area contributed by atoms with Gasteiger partial charge in [0.15, 0.2) is 27.3 Å². The molecule has 4 heterocycles. The third-order valence-corrected chi connectivity index (χ3v) is 13.7. The first kappa shape index (κ1) is 27.7. The topological polar surface area (TPSA) is 105 Å². The molecule has 0 bridgehead atoms. The predicted octanol–water partition coefficient (Wildman–Crippen LogP) is 5.22. The Morgan fingerprint density at radius 2 is 1.75 bits per heavy atom. The standard InChI is InChI=1S/C25H24Cl2FN5O4S3/c1-15(2)39(34,35)20-6-7-21(38-20)40(36,37)33-19-5-3-4-17(27)22(19)24(30-33)32-11-10-31(14-25(32)8-9-25)23-18(28)12-16(26)13-29-23/h3-7,12-13,15H,8-11,14H2,1-2H3. The number of thiophene rings is 1. The van der Waals surface area contributed by atoms with Gasteiger partial charge in [0.05, 0.1) is 31.7 Å². The first-order valence-electron chi connectivity index (χ1n) is 12.5. The average Bonchev–Trinajstić information content (AvgIpc) is 3.29. The van der Waals surface area contributed by atoms with Crippen LogP contribution in [0.5, 0.6) is 0 Å². The zero-order valence-electron chi connectivity index (χ0n) is 21.4. The van der Waals surface area contributed by atoms with Crippen LogP contribution in [0.3, 0.4) is 0 Å². The van der Waals surface area contributed by atoms with Crippen molar-refractivity contribution in [2.24, 2.45) is 0 Å². The number of rotatable bonds is 6. The highest BCUT2D eigenvalue weighted by molar-refractivity contribution is 7.95. The van der Waals surface area contributed by atoms with Gasteiger partial charge in [0.1, 0.15) is 8.42 Å². The Kier molecular flexibility index (Phi) is 6.61. The quantitative estimate of drug-likeness (QED) is 0.282. The Labute approximate surface area is 245 Å². The van der Waals surface area contributed by atoms with Gasteiger partial charge < -0.3 is 9.80 Å². The molecule has 0 radical (unpaired) electrons. The molecule has 0 unspecified atom stereocenters. The van der Waals surface area contributed by atoms with Crippen LogP contribution in [0.4, 0.5) is 16.0 Å². The van der Waals surface area contributed by atoms with Gasteiger partial charge in [0, 0.05) is 25.8 Å². The van der Waals surface area contributed by atoms with Crippen molar-refractivity contribution in [3.63, 3.8) is 0 Å². The van der Waals surface area contributed by atoms with Crippen LogP contribution >= 0.6 is 34.5 Å². The number of aromatic nitrogens is 3. The summed E-state index contributed by atoms with van der Waals surface area (Å²) in [5.74, 6) is 0.129. The Balaban J connectivity index is 1.41. The molecule has 6 rings (SSSR count). The van der Waals surface area contributed by atoms with E-state index in [0.29, 0.717) is 47.2 Å². The van der Waals surface area contributed by atoms with Gasteiger partial charge in [-0.3, -0.25) is 0 Å². The normalized spacial score (nSPS) is 17.4. The second-order valence-electron chi connectivity index (χ2n) is 10.2. The maximum Gasteiger partial charge on any atom is 0.293 e. The summed E-state index contributed by atoms with van der Waals surface area (Å²) in [6.07, 6.45) is 3.01. The number of hydrogen-bond acceptors (Lipinski definition) is 9. The summed E-state index contributed by atoms with van der Waals surface area (Å²) >= 11 is 13.2. The Hall–Kier alpha value is -2.45. The van der Waals surface area contributed by atoms with Crippen LogP contribution in [-0.2, 0) is 19.9 Å². The molecule has 1 saturated heterocycles. The summed E-state index contributed by atoms with van der Waals surface area (Å²) in [6.45, 7) is 4.40. The summed E-state index contributed by atoms with van der Waals surface area (Å²) in [4.78, 5) is 8.12. The number of nitrogens with zero attached hydrogens (tertiary/aromatic N) is 5. The molecule has 15 heteroatoms. The van der Waals surface area contributed by atoms with E-state index in [4.69, 9.17) is 23.2 Å². The van der Waals surface area contributed by atoms with Crippen molar-refractivity contribution in [3.8, 4) is 0 Å². The highest BCUT2D eigenvalue weighted by Gasteiger charge is 2.53. The number of piperazine rings is 1. The Morgan fingerprint density at radius 1 is 1.02 bits per heavy atom. The van der Waals surface area contributed by atoms with Crippen LogP contribution in [0, 0.1) is 5.82 Å². The molecule has 0 N–H and O–H groups in total. The van der Waals surface area contributed by atoms with Crippen molar-refractivity contribution in [3.05, 3.63) is 58.5 Å². The molecule has 0 atom stereocenters. The minimum atomic E-state index is -4.25. The minimum absolute atomic E-state index is 0.0214. The third-order valence-electron chi connectivity index (χ3n) is 7.37. The molecule has 9 nitrogen and oxygen atoms in total. The lowest BCUT2D eigenvalue weighted by Gasteiger charge is -2.43. The van der Waals surface area contributed by atoms with Crippen LogP contribution in [0.25, 0.3) is 10.9 Å². The molecule has 1 aromatic carbocycles. The lowest BCUT2D eigenvalue weighted by atomic mass is 10.1. The Bertz CT molecular complexity index is 1870. The van der Waals surface area contributed by atoms with E-state index in [9.17, 15) is 21.2 Å². The highest BCUT2D eigenvalue weighted by atomic mass is 35.5. The van der Waals surface area contributed by atoms with Gasteiger partial charge in [-0.25, -0.2) is 17.8 Å². The molecule has 0 amide bonds. The predicted molar refractivity (Wildman–Crippen MR) is 155 cm³/mol. The zero-order chi connectivity index (χ0) is 28.6. The summed E-state index contributed by atoms with van der Waals surface area (Å²) in [6, 6.07) is 8.78. The molecule has 3 aromatic heterocycles. The summed E-state index contributed by atoms with van der Waals surface area (Å²) in [5, 5.41) is 4.94. The zero-order valence-corrected chi connectivity index (χ0v) is 25.3. The van der Waals surface area contributed by atoms with Crippen molar-refractivity contribution in [1.82, 2.24) is 14.2 Å². The molecule has 1 saturated carbocycles. The van der Waals surface area contributed by atoms with Gasteiger partial charge in [-0.05, 0) is 57.0 Å². The largest absolute Gasteiger partial charge is 0.350 e. The van der Waals surface area contributed by atoms with Gasteiger partial charge in [-0.2, -0.15) is 12.5 Å². The second-order valence-corrected chi connectivity index (χ2v) is 16.9. The van der Waals surface area contributed by atoms with E-state index in [-0.39, 0.29) is 24.8 Å². The van der Waals surface area contributed by atoms with Crippen molar-refractivity contribution < 1.29 is 21.2 Å². The van der Waals surface area contributed by atoms with E-state index in [1.807, 2.05) is 4.90 Å². The molecule has 212 valence electrons. The monoisotopic (exact) mass is 643 g/mol. The van der Waals surface area contributed by atoms with Gasteiger partial charge >= 0.3 is 0 Å². The first-order valence-corrected chi connectivity index (χ1v) is 17.0. The Morgan fingerprint density at radius 3 is 2.42 bits per heavy atom. The van der Waals surface area contributed by atoms with Crippen LogP contribution in [0.15, 0.2) is 51.0 Å². The van der Waals surface area contributed by atoms with E-state index in [2.05, 4.69) is 15.0 Å². The first-order chi connectivity index (χ1) is 18.8. The van der Waals surface area contributed by atoms with Gasteiger partial charge in [0.2, 0.25) is 0 Å². The number of anilines is 2. The van der Waals surface area contributed by atoms with E-state index in [1.54, 1.807) is 32.0 Å². The summed E-state index contributed by atoms with van der Waals surface area (Å²) < 4.78 is 68.4. The van der Waals surface area contributed by atoms with Crippen molar-refractivity contribution >= 4 is 76.9 Å². The molecule has 1 aliphatic carbocycles. The SMILES string of the molecule is CC(C)S(=O)(=O)c1ccc(S(=O)(=O)n2nc(N3CCN(c4ncc(Cl)cc4F)CC34CC4)c3c(Cl)cccc32)s1. The number of pyridine rings is 1.